The fraction of sp³-hybridized carbons (Fsp3) is 0.350. The van der Waals surface area contributed by atoms with Crippen LogP contribution in [0.1, 0.15) is 11.1 Å². The molecule has 1 heterocycles. The Hall–Kier alpha value is -2.69. The molecule has 0 radical (unpaired) electrons. The van der Waals surface area contributed by atoms with Gasteiger partial charge in [-0.25, -0.2) is 0 Å². The topological polar surface area (TPSA) is 56.8 Å². The SMILES string of the molecule is COc1ccc(CCNC(=O)C2COc3ccccc3C2)cc1OC. The van der Waals surface area contributed by atoms with Crippen LogP contribution in [0, 0.1) is 5.92 Å². The first kappa shape index (κ1) is 17.1. The average molecular weight is 341 g/mol. The van der Waals surface area contributed by atoms with Crippen molar-refractivity contribution in [3.63, 3.8) is 0 Å². The molecule has 0 fully saturated rings. The van der Waals surface area contributed by atoms with E-state index in [9.17, 15) is 4.79 Å². The standard InChI is InChI=1S/C20H23NO4/c1-23-18-8-7-14(11-19(18)24-2)9-10-21-20(22)16-12-15-5-3-4-6-17(15)25-13-16/h3-8,11,16H,9-10,12-13H2,1-2H3,(H,21,22). The van der Waals surface area contributed by atoms with Gasteiger partial charge in [-0.15, -0.1) is 0 Å². The van der Waals surface area contributed by atoms with Crippen molar-refractivity contribution < 1.29 is 19.0 Å². The van der Waals surface area contributed by atoms with Crippen LogP contribution in [-0.2, 0) is 17.6 Å². The van der Waals surface area contributed by atoms with Gasteiger partial charge in [-0.05, 0) is 42.2 Å². The zero-order chi connectivity index (χ0) is 17.6. The van der Waals surface area contributed by atoms with Gasteiger partial charge in [0.15, 0.2) is 11.5 Å². The number of hydrogen-bond donors (Lipinski definition) is 1. The molecule has 25 heavy (non-hydrogen) atoms. The molecule has 1 amide bonds. The molecular weight excluding hydrogens is 318 g/mol. The second kappa shape index (κ2) is 7.92. The number of carbonyl (C=O) groups is 1. The molecule has 5 heteroatoms. The molecule has 3 rings (SSSR count). The summed E-state index contributed by atoms with van der Waals surface area (Å²) in [5, 5.41) is 3.01. The van der Waals surface area contributed by atoms with E-state index in [1.165, 1.54) is 0 Å². The van der Waals surface area contributed by atoms with Gasteiger partial charge < -0.3 is 19.5 Å². The van der Waals surface area contributed by atoms with Gasteiger partial charge in [0, 0.05) is 6.54 Å². The van der Waals surface area contributed by atoms with Crippen molar-refractivity contribution in [2.24, 2.45) is 5.92 Å². The first-order valence-electron chi connectivity index (χ1n) is 8.40. The zero-order valence-electron chi connectivity index (χ0n) is 14.6. The molecule has 1 aliphatic heterocycles. The Bertz CT molecular complexity index is 744. The average Bonchev–Trinajstić information content (AvgIpc) is 2.67. The molecule has 1 N–H and O–H groups in total. The van der Waals surface area contributed by atoms with Crippen LogP contribution in [0.4, 0.5) is 0 Å². The summed E-state index contributed by atoms with van der Waals surface area (Å²) in [5.41, 5.74) is 2.18. The Morgan fingerprint density at radius 3 is 2.76 bits per heavy atom. The molecule has 2 aromatic rings. The Morgan fingerprint density at radius 2 is 1.96 bits per heavy atom. The van der Waals surface area contributed by atoms with E-state index in [1.54, 1.807) is 14.2 Å². The quantitative estimate of drug-likeness (QED) is 0.877. The molecule has 0 aromatic heterocycles. The fourth-order valence-corrected chi connectivity index (χ4v) is 3.01. The van der Waals surface area contributed by atoms with E-state index < -0.39 is 0 Å². The van der Waals surface area contributed by atoms with Gasteiger partial charge in [0.25, 0.3) is 0 Å². The van der Waals surface area contributed by atoms with Crippen LogP contribution >= 0.6 is 0 Å². The molecule has 0 saturated heterocycles. The molecule has 5 nitrogen and oxygen atoms in total. The van der Waals surface area contributed by atoms with E-state index in [0.29, 0.717) is 24.7 Å². The summed E-state index contributed by atoms with van der Waals surface area (Å²) in [6, 6.07) is 13.7. The van der Waals surface area contributed by atoms with Crippen LogP contribution in [0.3, 0.4) is 0 Å². The lowest BCUT2D eigenvalue weighted by Gasteiger charge is -2.24. The van der Waals surface area contributed by atoms with E-state index in [4.69, 9.17) is 14.2 Å². The van der Waals surface area contributed by atoms with Crippen molar-refractivity contribution in [3.05, 3.63) is 53.6 Å². The van der Waals surface area contributed by atoms with Gasteiger partial charge in [-0.2, -0.15) is 0 Å². The van der Waals surface area contributed by atoms with E-state index in [0.717, 1.165) is 29.7 Å². The third kappa shape index (κ3) is 4.05. The predicted molar refractivity (Wildman–Crippen MR) is 95.4 cm³/mol. The second-order valence-corrected chi connectivity index (χ2v) is 6.05. The Morgan fingerprint density at radius 1 is 1.16 bits per heavy atom. The molecule has 1 unspecified atom stereocenters. The summed E-state index contributed by atoms with van der Waals surface area (Å²) in [4.78, 5) is 12.4. The first-order valence-corrected chi connectivity index (χ1v) is 8.40. The number of para-hydroxylation sites is 1. The predicted octanol–water partition coefficient (Wildman–Crippen LogP) is 2.61. The first-order chi connectivity index (χ1) is 12.2. The van der Waals surface area contributed by atoms with Gasteiger partial charge in [-0.1, -0.05) is 24.3 Å². The molecular formula is C20H23NO4. The van der Waals surface area contributed by atoms with Crippen molar-refractivity contribution in [1.82, 2.24) is 5.32 Å². The summed E-state index contributed by atoms with van der Waals surface area (Å²) >= 11 is 0. The number of fused-ring (bicyclic) bond motifs is 1. The molecule has 1 aliphatic rings. The van der Waals surface area contributed by atoms with Crippen LogP contribution in [0.25, 0.3) is 0 Å². The van der Waals surface area contributed by atoms with Crippen LogP contribution < -0.4 is 19.5 Å². The van der Waals surface area contributed by atoms with Crippen LogP contribution in [-0.4, -0.2) is 33.3 Å². The lowest BCUT2D eigenvalue weighted by Crippen LogP contribution is -2.38. The van der Waals surface area contributed by atoms with Crippen LogP contribution in [0.2, 0.25) is 0 Å². The molecule has 0 saturated carbocycles. The molecule has 132 valence electrons. The summed E-state index contributed by atoms with van der Waals surface area (Å²) in [6.07, 6.45) is 1.45. The summed E-state index contributed by atoms with van der Waals surface area (Å²) in [5.74, 6) is 2.18. The Labute approximate surface area is 147 Å². The number of benzene rings is 2. The highest BCUT2D eigenvalue weighted by atomic mass is 16.5. The van der Waals surface area contributed by atoms with Crippen molar-refractivity contribution in [2.75, 3.05) is 27.4 Å². The van der Waals surface area contributed by atoms with Gasteiger partial charge in [0.2, 0.25) is 5.91 Å². The maximum atomic E-state index is 12.4. The second-order valence-electron chi connectivity index (χ2n) is 6.05. The largest absolute Gasteiger partial charge is 0.493 e. The molecule has 1 atom stereocenters. The van der Waals surface area contributed by atoms with E-state index in [-0.39, 0.29) is 11.8 Å². The fourth-order valence-electron chi connectivity index (χ4n) is 3.01. The monoisotopic (exact) mass is 341 g/mol. The third-order valence-corrected chi connectivity index (χ3v) is 4.41. The third-order valence-electron chi connectivity index (χ3n) is 4.41. The van der Waals surface area contributed by atoms with Crippen molar-refractivity contribution in [3.8, 4) is 17.2 Å². The maximum Gasteiger partial charge on any atom is 0.226 e. The zero-order valence-corrected chi connectivity index (χ0v) is 14.6. The van der Waals surface area contributed by atoms with Gasteiger partial charge in [0.05, 0.1) is 20.1 Å². The van der Waals surface area contributed by atoms with Crippen molar-refractivity contribution in [2.45, 2.75) is 12.8 Å². The number of amides is 1. The summed E-state index contributed by atoms with van der Waals surface area (Å²) in [7, 11) is 3.23. The smallest absolute Gasteiger partial charge is 0.226 e. The highest BCUT2D eigenvalue weighted by Crippen LogP contribution is 2.28. The van der Waals surface area contributed by atoms with Crippen molar-refractivity contribution in [1.29, 1.82) is 0 Å². The summed E-state index contributed by atoms with van der Waals surface area (Å²) in [6.45, 7) is 1.01. The maximum absolute atomic E-state index is 12.4. The number of methoxy groups -OCH3 is 2. The molecule has 0 aliphatic carbocycles. The number of hydrogen-bond acceptors (Lipinski definition) is 4. The van der Waals surface area contributed by atoms with Gasteiger partial charge >= 0.3 is 0 Å². The van der Waals surface area contributed by atoms with Crippen LogP contribution in [0.5, 0.6) is 17.2 Å². The van der Waals surface area contributed by atoms with E-state index in [1.807, 2.05) is 42.5 Å². The van der Waals surface area contributed by atoms with Crippen molar-refractivity contribution >= 4 is 5.91 Å². The Balaban J connectivity index is 1.52. The van der Waals surface area contributed by atoms with E-state index >= 15 is 0 Å². The number of ether oxygens (including phenoxy) is 3. The normalized spacial score (nSPS) is 15.7. The van der Waals surface area contributed by atoms with Crippen LogP contribution in [0.15, 0.2) is 42.5 Å². The number of rotatable bonds is 6. The number of carbonyl (C=O) groups excluding carboxylic acids is 1. The minimum Gasteiger partial charge on any atom is -0.493 e. The van der Waals surface area contributed by atoms with Gasteiger partial charge in [0.1, 0.15) is 12.4 Å². The minimum absolute atomic E-state index is 0.0370. The van der Waals surface area contributed by atoms with E-state index in [2.05, 4.69) is 5.32 Å². The lowest BCUT2D eigenvalue weighted by atomic mass is 9.96. The molecule has 0 spiro atoms. The lowest BCUT2D eigenvalue weighted by molar-refractivity contribution is -0.126. The highest BCUT2D eigenvalue weighted by Gasteiger charge is 2.25. The molecule has 2 aromatic carbocycles. The number of nitrogens with one attached hydrogen (secondary N) is 1. The molecule has 0 bridgehead atoms. The van der Waals surface area contributed by atoms with Gasteiger partial charge in [-0.3, -0.25) is 4.79 Å². The minimum atomic E-state index is -0.139. The Kier molecular flexibility index (Phi) is 5.43. The highest BCUT2D eigenvalue weighted by molar-refractivity contribution is 5.79. The summed E-state index contributed by atoms with van der Waals surface area (Å²) < 4.78 is 16.2.